The van der Waals surface area contributed by atoms with Crippen molar-refractivity contribution in [3.63, 3.8) is 0 Å². The zero-order valence-electron chi connectivity index (χ0n) is 3.98. The summed E-state index contributed by atoms with van der Waals surface area (Å²) < 4.78 is 0. The Balaban J connectivity index is 3.00. The molecular formula is C6H6S. The average Bonchev–Trinajstić information content (AvgIpc) is 1.91. The highest BCUT2D eigenvalue weighted by Crippen LogP contribution is 2.05. The maximum absolute atomic E-state index is 3.73. The molecule has 0 aliphatic carbocycles. The van der Waals surface area contributed by atoms with Crippen LogP contribution in [0.3, 0.4) is 0 Å². The molecule has 1 rings (SSSR count). The van der Waals surface area contributed by atoms with Crippen LogP contribution in [0.1, 0.15) is 0 Å². The SMILES string of the molecule is C=C1C=S=CC1=C. The van der Waals surface area contributed by atoms with Gasteiger partial charge in [0.15, 0.2) is 0 Å². The Labute approximate surface area is 46.7 Å². The van der Waals surface area contributed by atoms with Crippen molar-refractivity contribution in [1.29, 1.82) is 0 Å². The first-order valence-electron chi connectivity index (χ1n) is 2.01. The normalized spacial score (nSPS) is 17.7. The van der Waals surface area contributed by atoms with E-state index in [0.29, 0.717) is 0 Å². The summed E-state index contributed by atoms with van der Waals surface area (Å²) in [4.78, 5) is 0. The van der Waals surface area contributed by atoms with Crippen LogP contribution in [0.25, 0.3) is 0 Å². The number of hydrogen-bond donors (Lipinski definition) is 0. The second-order valence-corrected chi connectivity index (χ2v) is 2.17. The summed E-state index contributed by atoms with van der Waals surface area (Å²) in [7, 11) is 1.64. The Morgan fingerprint density at radius 1 is 1.14 bits per heavy atom. The highest BCUT2D eigenvalue weighted by atomic mass is 32.1. The van der Waals surface area contributed by atoms with Gasteiger partial charge in [0, 0.05) is 0 Å². The number of hydrogen-bond acceptors (Lipinski definition) is 0. The van der Waals surface area contributed by atoms with Crippen molar-refractivity contribution in [3.8, 4) is 0 Å². The van der Waals surface area contributed by atoms with E-state index in [1.807, 2.05) is 10.7 Å². The molecular weight excluding hydrogens is 104 g/mol. The van der Waals surface area contributed by atoms with Gasteiger partial charge in [0.25, 0.3) is 0 Å². The Morgan fingerprint density at radius 2 is 1.57 bits per heavy atom. The number of allylic oxidation sites excluding steroid dienone is 2. The molecule has 0 fully saturated rings. The van der Waals surface area contributed by atoms with Crippen molar-refractivity contribution >= 4 is 21.7 Å². The molecule has 1 heteroatoms. The molecule has 7 heavy (non-hydrogen) atoms. The van der Waals surface area contributed by atoms with Crippen LogP contribution in [0.5, 0.6) is 0 Å². The molecule has 0 spiro atoms. The molecule has 1 aliphatic rings. The van der Waals surface area contributed by atoms with E-state index >= 15 is 0 Å². The van der Waals surface area contributed by atoms with Gasteiger partial charge < -0.3 is 0 Å². The molecule has 0 saturated heterocycles. The van der Waals surface area contributed by atoms with Crippen LogP contribution in [0.4, 0.5) is 0 Å². The average molecular weight is 110 g/mol. The van der Waals surface area contributed by atoms with E-state index in [4.69, 9.17) is 0 Å². The monoisotopic (exact) mass is 110 g/mol. The highest BCUT2D eigenvalue weighted by molar-refractivity contribution is 7.97. The van der Waals surface area contributed by atoms with Crippen LogP contribution in [0.15, 0.2) is 24.3 Å². The highest BCUT2D eigenvalue weighted by Gasteiger charge is 1.93. The van der Waals surface area contributed by atoms with Crippen LogP contribution >= 0.6 is 10.9 Å². The van der Waals surface area contributed by atoms with Crippen molar-refractivity contribution in [3.05, 3.63) is 24.3 Å². The molecule has 0 unspecified atom stereocenters. The minimum absolute atomic E-state index is 1.05. The van der Waals surface area contributed by atoms with Crippen molar-refractivity contribution in [2.24, 2.45) is 0 Å². The van der Waals surface area contributed by atoms with E-state index in [0.717, 1.165) is 11.1 Å². The summed E-state index contributed by atoms with van der Waals surface area (Å²) in [5, 5.41) is 3.98. The zero-order valence-corrected chi connectivity index (χ0v) is 4.79. The molecule has 1 aliphatic heterocycles. The zero-order chi connectivity index (χ0) is 5.28. The van der Waals surface area contributed by atoms with E-state index < -0.39 is 0 Å². The molecule has 0 bridgehead atoms. The van der Waals surface area contributed by atoms with Crippen molar-refractivity contribution in [1.82, 2.24) is 0 Å². The molecule has 0 nitrogen and oxygen atoms in total. The second kappa shape index (κ2) is 1.51. The van der Waals surface area contributed by atoms with E-state index in [-0.39, 0.29) is 0 Å². The molecule has 0 atom stereocenters. The molecule has 0 aromatic rings. The summed E-state index contributed by atoms with van der Waals surface area (Å²) in [6, 6.07) is 0. The summed E-state index contributed by atoms with van der Waals surface area (Å²) in [5.41, 5.74) is 2.09. The van der Waals surface area contributed by atoms with E-state index in [2.05, 4.69) is 13.2 Å². The Kier molecular flexibility index (Phi) is 0.988. The molecule has 0 saturated carbocycles. The van der Waals surface area contributed by atoms with E-state index in [9.17, 15) is 0 Å². The third-order valence-electron chi connectivity index (χ3n) is 0.833. The van der Waals surface area contributed by atoms with E-state index in [1.54, 1.807) is 10.9 Å². The standard InChI is InChI=1S/C6H6S/c1-5-3-7-4-6(5)2/h3-4H,1-2H2. The molecule has 0 radical (unpaired) electrons. The fraction of sp³-hybridized carbons (Fsp3) is 0. The lowest BCUT2D eigenvalue weighted by molar-refractivity contribution is 1.89. The quantitative estimate of drug-likeness (QED) is 0.327. The van der Waals surface area contributed by atoms with Crippen molar-refractivity contribution in [2.75, 3.05) is 0 Å². The maximum atomic E-state index is 3.73. The largest absolute Gasteiger partial charge is 0.151 e. The molecule has 36 valence electrons. The van der Waals surface area contributed by atoms with Gasteiger partial charge in [0.1, 0.15) is 0 Å². The predicted molar refractivity (Wildman–Crippen MR) is 38.0 cm³/mol. The second-order valence-electron chi connectivity index (χ2n) is 1.42. The lowest BCUT2D eigenvalue weighted by Crippen LogP contribution is -1.77. The minimum Gasteiger partial charge on any atom is -0.151 e. The third kappa shape index (κ3) is 0.722. The summed E-state index contributed by atoms with van der Waals surface area (Å²) in [6.07, 6.45) is 0. The van der Waals surface area contributed by atoms with Gasteiger partial charge in [0.05, 0.1) is 0 Å². The Morgan fingerprint density at radius 3 is 1.71 bits per heavy atom. The first-order valence-corrected chi connectivity index (χ1v) is 2.95. The lowest BCUT2D eigenvalue weighted by Gasteiger charge is -1.84. The molecule has 0 aromatic heterocycles. The van der Waals surface area contributed by atoms with Gasteiger partial charge in [-0.25, -0.2) is 0 Å². The molecule has 0 N–H and O–H groups in total. The van der Waals surface area contributed by atoms with Gasteiger partial charge in [-0.1, -0.05) is 13.2 Å². The van der Waals surface area contributed by atoms with E-state index in [1.165, 1.54) is 0 Å². The molecule has 1 heterocycles. The van der Waals surface area contributed by atoms with Crippen LogP contribution in [-0.4, -0.2) is 10.7 Å². The van der Waals surface area contributed by atoms with Gasteiger partial charge in [-0.15, -0.1) is 0 Å². The van der Waals surface area contributed by atoms with Gasteiger partial charge in [-0.3, -0.25) is 0 Å². The third-order valence-corrected chi connectivity index (χ3v) is 1.67. The van der Waals surface area contributed by atoms with Crippen molar-refractivity contribution in [2.45, 2.75) is 0 Å². The maximum Gasteiger partial charge on any atom is -0.00207 e. The summed E-state index contributed by atoms with van der Waals surface area (Å²) >= 11 is 0. The van der Waals surface area contributed by atoms with Gasteiger partial charge in [-0.05, 0) is 21.9 Å². The first-order chi connectivity index (χ1) is 3.30. The fourth-order valence-electron chi connectivity index (χ4n) is 0.350. The lowest BCUT2D eigenvalue weighted by atomic mass is 10.2. The van der Waals surface area contributed by atoms with Crippen molar-refractivity contribution < 1.29 is 0 Å². The summed E-state index contributed by atoms with van der Waals surface area (Å²) in [5.74, 6) is 0. The molecule has 0 amide bonds. The van der Waals surface area contributed by atoms with Gasteiger partial charge in [0.2, 0.25) is 0 Å². The van der Waals surface area contributed by atoms with Gasteiger partial charge >= 0.3 is 0 Å². The van der Waals surface area contributed by atoms with Crippen LogP contribution in [0.2, 0.25) is 0 Å². The van der Waals surface area contributed by atoms with Crippen LogP contribution in [0, 0.1) is 0 Å². The first kappa shape index (κ1) is 4.60. The molecule has 0 aromatic carbocycles. The van der Waals surface area contributed by atoms with Crippen LogP contribution < -0.4 is 0 Å². The number of rotatable bonds is 0. The van der Waals surface area contributed by atoms with Gasteiger partial charge in [-0.2, -0.15) is 10.9 Å². The summed E-state index contributed by atoms with van der Waals surface area (Å²) in [6.45, 7) is 7.46. The Hall–Kier alpha value is -0.560. The fourth-order valence-corrected chi connectivity index (χ4v) is 1.05. The van der Waals surface area contributed by atoms with Crippen LogP contribution in [-0.2, 0) is 0 Å². The smallest absolute Gasteiger partial charge is 0.00207 e. The Bertz CT molecular complexity index is 162. The minimum atomic E-state index is 1.05. The predicted octanol–water partition coefficient (Wildman–Crippen LogP) is 1.45. The topological polar surface area (TPSA) is 0 Å².